The van der Waals surface area contributed by atoms with E-state index in [0.29, 0.717) is 5.56 Å². The van der Waals surface area contributed by atoms with E-state index in [9.17, 15) is 14.4 Å². The summed E-state index contributed by atoms with van der Waals surface area (Å²) in [4.78, 5) is 35.2. The fraction of sp³-hybridized carbons (Fsp3) is 0.462. The van der Waals surface area contributed by atoms with Crippen LogP contribution in [0.25, 0.3) is 0 Å². The Labute approximate surface area is 120 Å². The number of carboxylic acids is 1. The van der Waals surface area contributed by atoms with Crippen LogP contribution in [0.3, 0.4) is 0 Å². The van der Waals surface area contributed by atoms with E-state index in [2.05, 4.69) is 5.32 Å². The number of aliphatic carboxylic acids is 1. The number of primary amides is 1. The number of rotatable bonds is 5. The molecule has 0 aliphatic heterocycles. The first-order chi connectivity index (χ1) is 9.49. The van der Waals surface area contributed by atoms with E-state index in [1.807, 2.05) is 0 Å². The Morgan fingerprint density at radius 3 is 2.70 bits per heavy atom. The minimum absolute atomic E-state index is 0.409. The van der Waals surface area contributed by atoms with Crippen LogP contribution in [0.1, 0.15) is 40.1 Å². The van der Waals surface area contributed by atoms with Gasteiger partial charge in [0.1, 0.15) is 6.04 Å². The quantitative estimate of drug-likeness (QED) is 0.742. The van der Waals surface area contributed by atoms with Gasteiger partial charge in [-0.3, -0.25) is 9.59 Å². The molecule has 1 aromatic heterocycles. The average molecular weight is 296 g/mol. The molecule has 0 fully saturated rings. The molecule has 7 heteroatoms. The second-order valence-corrected chi connectivity index (χ2v) is 5.76. The summed E-state index contributed by atoms with van der Waals surface area (Å²) in [7, 11) is 0. The van der Waals surface area contributed by atoms with Gasteiger partial charge in [-0.1, -0.05) is 0 Å². The van der Waals surface area contributed by atoms with Crippen molar-refractivity contribution in [1.82, 2.24) is 5.32 Å². The van der Waals surface area contributed by atoms with Gasteiger partial charge in [0, 0.05) is 10.3 Å². The Morgan fingerprint density at radius 1 is 1.35 bits per heavy atom. The first-order valence-corrected chi connectivity index (χ1v) is 7.28. The molecule has 0 unspecified atom stereocenters. The van der Waals surface area contributed by atoms with Gasteiger partial charge in [0.2, 0.25) is 5.91 Å². The summed E-state index contributed by atoms with van der Waals surface area (Å²) in [6.07, 6.45) is 3.56. The van der Waals surface area contributed by atoms with E-state index in [1.54, 1.807) is 5.38 Å². The van der Waals surface area contributed by atoms with Gasteiger partial charge in [-0.2, -0.15) is 0 Å². The van der Waals surface area contributed by atoms with Gasteiger partial charge in [-0.15, -0.1) is 11.3 Å². The van der Waals surface area contributed by atoms with Gasteiger partial charge in [0.05, 0.1) is 12.0 Å². The second kappa shape index (κ2) is 6.04. The SMILES string of the molecule is NC(=O)C[C@H](NC(=O)c1csc2c1CCCC2)C(=O)O. The number of carbonyl (C=O) groups is 3. The van der Waals surface area contributed by atoms with Gasteiger partial charge in [-0.05, 0) is 31.2 Å². The molecule has 2 amide bonds. The Morgan fingerprint density at radius 2 is 2.05 bits per heavy atom. The summed E-state index contributed by atoms with van der Waals surface area (Å²) < 4.78 is 0. The van der Waals surface area contributed by atoms with Gasteiger partial charge >= 0.3 is 5.97 Å². The number of carbonyl (C=O) groups excluding carboxylic acids is 2. The summed E-state index contributed by atoms with van der Waals surface area (Å²) in [5, 5.41) is 13.1. The number of fused-ring (bicyclic) bond motifs is 1. The van der Waals surface area contributed by atoms with Crippen LogP contribution in [-0.2, 0) is 22.4 Å². The van der Waals surface area contributed by atoms with E-state index in [0.717, 1.165) is 31.2 Å². The third-order valence-corrected chi connectivity index (χ3v) is 4.40. The fourth-order valence-electron chi connectivity index (χ4n) is 2.32. The third kappa shape index (κ3) is 3.16. The number of amides is 2. The van der Waals surface area contributed by atoms with Crippen molar-refractivity contribution in [2.45, 2.75) is 38.1 Å². The number of carboxylic acid groups (broad SMARTS) is 1. The van der Waals surface area contributed by atoms with E-state index < -0.39 is 30.2 Å². The number of nitrogens with one attached hydrogen (secondary N) is 1. The van der Waals surface area contributed by atoms with Gasteiger partial charge in [-0.25, -0.2) is 4.79 Å². The van der Waals surface area contributed by atoms with E-state index in [-0.39, 0.29) is 0 Å². The molecule has 1 heterocycles. The molecule has 0 bridgehead atoms. The average Bonchev–Trinajstić information content (AvgIpc) is 2.81. The lowest BCUT2D eigenvalue weighted by molar-refractivity contribution is -0.140. The predicted octanol–water partition coefficient (Wildman–Crippen LogP) is 0.685. The first kappa shape index (κ1) is 14.5. The summed E-state index contributed by atoms with van der Waals surface area (Å²) >= 11 is 1.53. The van der Waals surface area contributed by atoms with Crippen molar-refractivity contribution in [3.63, 3.8) is 0 Å². The van der Waals surface area contributed by atoms with Crippen molar-refractivity contribution >= 4 is 29.1 Å². The molecule has 20 heavy (non-hydrogen) atoms. The zero-order valence-electron chi connectivity index (χ0n) is 10.8. The number of nitrogens with two attached hydrogens (primary N) is 1. The lowest BCUT2D eigenvalue weighted by Crippen LogP contribution is -2.43. The van der Waals surface area contributed by atoms with Crippen LogP contribution in [0, 0.1) is 0 Å². The number of hydrogen-bond donors (Lipinski definition) is 3. The Balaban J connectivity index is 2.12. The summed E-state index contributed by atoms with van der Waals surface area (Å²) in [6.45, 7) is 0. The maximum absolute atomic E-state index is 12.2. The van der Waals surface area contributed by atoms with Crippen molar-refractivity contribution < 1.29 is 19.5 Å². The largest absolute Gasteiger partial charge is 0.480 e. The monoisotopic (exact) mass is 296 g/mol. The topological polar surface area (TPSA) is 109 Å². The molecule has 1 aliphatic rings. The van der Waals surface area contributed by atoms with Crippen LogP contribution in [0.4, 0.5) is 0 Å². The number of hydrogen-bond acceptors (Lipinski definition) is 4. The lowest BCUT2D eigenvalue weighted by atomic mass is 9.95. The molecule has 0 aromatic carbocycles. The van der Waals surface area contributed by atoms with E-state index in [1.165, 1.54) is 16.2 Å². The van der Waals surface area contributed by atoms with Gasteiger partial charge in [0.15, 0.2) is 0 Å². The minimum Gasteiger partial charge on any atom is -0.480 e. The zero-order chi connectivity index (χ0) is 14.7. The molecule has 4 N–H and O–H groups in total. The molecular weight excluding hydrogens is 280 g/mol. The molecule has 1 aromatic rings. The maximum Gasteiger partial charge on any atom is 0.326 e. The van der Waals surface area contributed by atoms with Crippen LogP contribution >= 0.6 is 11.3 Å². The van der Waals surface area contributed by atoms with Crippen LogP contribution in [0.5, 0.6) is 0 Å². The van der Waals surface area contributed by atoms with Crippen molar-refractivity contribution in [1.29, 1.82) is 0 Å². The van der Waals surface area contributed by atoms with Crippen molar-refractivity contribution in [2.24, 2.45) is 5.73 Å². The summed E-state index contributed by atoms with van der Waals surface area (Å²) in [5.41, 5.74) is 6.53. The molecule has 0 saturated carbocycles. The molecule has 108 valence electrons. The van der Waals surface area contributed by atoms with Crippen LogP contribution in [0.15, 0.2) is 5.38 Å². The Bertz CT molecular complexity index is 553. The maximum atomic E-state index is 12.2. The van der Waals surface area contributed by atoms with Gasteiger partial charge < -0.3 is 16.2 Å². The standard InChI is InChI=1S/C13H16N2O4S/c14-11(16)5-9(13(18)19)15-12(17)8-6-20-10-4-2-1-3-7(8)10/h6,9H,1-5H2,(H2,14,16)(H,15,17)(H,18,19)/t9-/m0/s1. The molecule has 1 aliphatic carbocycles. The third-order valence-electron chi connectivity index (χ3n) is 3.31. The van der Waals surface area contributed by atoms with Crippen molar-refractivity contribution in [3.8, 4) is 0 Å². The van der Waals surface area contributed by atoms with E-state index in [4.69, 9.17) is 10.8 Å². The molecule has 0 spiro atoms. The van der Waals surface area contributed by atoms with Crippen molar-refractivity contribution in [3.05, 3.63) is 21.4 Å². The predicted molar refractivity (Wildman–Crippen MR) is 73.7 cm³/mol. The highest BCUT2D eigenvalue weighted by molar-refractivity contribution is 7.10. The first-order valence-electron chi connectivity index (χ1n) is 6.40. The number of aryl methyl sites for hydroxylation is 1. The smallest absolute Gasteiger partial charge is 0.326 e. The van der Waals surface area contributed by atoms with Gasteiger partial charge in [0.25, 0.3) is 5.91 Å². The lowest BCUT2D eigenvalue weighted by Gasteiger charge is -2.15. The molecule has 2 rings (SSSR count). The highest BCUT2D eigenvalue weighted by Gasteiger charge is 2.26. The Kier molecular flexibility index (Phi) is 4.39. The highest BCUT2D eigenvalue weighted by Crippen LogP contribution is 2.30. The molecule has 6 nitrogen and oxygen atoms in total. The minimum atomic E-state index is -1.28. The molecular formula is C13H16N2O4S. The van der Waals surface area contributed by atoms with Crippen LogP contribution < -0.4 is 11.1 Å². The summed E-state index contributed by atoms with van der Waals surface area (Å²) in [6, 6.07) is -1.28. The molecule has 0 radical (unpaired) electrons. The second-order valence-electron chi connectivity index (χ2n) is 4.79. The van der Waals surface area contributed by atoms with Crippen LogP contribution in [-0.4, -0.2) is 28.9 Å². The van der Waals surface area contributed by atoms with E-state index >= 15 is 0 Å². The molecule has 0 saturated heterocycles. The number of thiophene rings is 1. The Hall–Kier alpha value is -1.89. The summed E-state index contributed by atoms with van der Waals surface area (Å²) in [5.74, 6) is -2.47. The van der Waals surface area contributed by atoms with Crippen molar-refractivity contribution in [2.75, 3.05) is 0 Å². The zero-order valence-corrected chi connectivity index (χ0v) is 11.7. The van der Waals surface area contributed by atoms with Crippen LogP contribution in [0.2, 0.25) is 0 Å². The normalized spacial score (nSPS) is 15.2. The molecule has 1 atom stereocenters. The fourth-order valence-corrected chi connectivity index (χ4v) is 3.45. The highest BCUT2D eigenvalue weighted by atomic mass is 32.1.